The van der Waals surface area contributed by atoms with E-state index in [0.717, 1.165) is 50.8 Å². The summed E-state index contributed by atoms with van der Waals surface area (Å²) in [5, 5.41) is 3.57. The summed E-state index contributed by atoms with van der Waals surface area (Å²) in [6.45, 7) is 7.55. The maximum Gasteiger partial charge on any atom is 0.218 e. The summed E-state index contributed by atoms with van der Waals surface area (Å²) < 4.78 is 11.5. The molecule has 1 saturated carbocycles. The summed E-state index contributed by atoms with van der Waals surface area (Å²) in [5.74, 6) is 1.43. The van der Waals surface area contributed by atoms with Crippen molar-refractivity contribution in [2.24, 2.45) is 5.92 Å². The second-order valence-corrected chi connectivity index (χ2v) is 6.39. The van der Waals surface area contributed by atoms with Crippen LogP contribution in [0, 0.1) is 19.8 Å². The summed E-state index contributed by atoms with van der Waals surface area (Å²) >= 11 is 0. The van der Waals surface area contributed by atoms with Gasteiger partial charge in [-0.25, -0.2) is 4.98 Å². The number of hydrogen-bond donors (Lipinski definition) is 1. The summed E-state index contributed by atoms with van der Waals surface area (Å²) in [6.07, 6.45) is 4.80. The van der Waals surface area contributed by atoms with Crippen LogP contribution in [0.3, 0.4) is 0 Å². The number of aryl methyl sites for hydroxylation is 2. The molecule has 1 saturated heterocycles. The number of rotatable bonds is 6. The van der Waals surface area contributed by atoms with Gasteiger partial charge in [-0.3, -0.25) is 0 Å². The molecule has 1 aromatic heterocycles. The van der Waals surface area contributed by atoms with E-state index in [0.29, 0.717) is 12.0 Å². The number of nitrogens with zero attached hydrogens (tertiary/aromatic N) is 1. The van der Waals surface area contributed by atoms with E-state index in [9.17, 15) is 0 Å². The van der Waals surface area contributed by atoms with Gasteiger partial charge in [0.15, 0.2) is 0 Å². The minimum atomic E-state index is 0.602. The minimum Gasteiger partial charge on any atom is -0.477 e. The van der Waals surface area contributed by atoms with Crippen molar-refractivity contribution in [1.29, 1.82) is 0 Å². The Hall–Kier alpha value is -1.13. The predicted molar refractivity (Wildman–Crippen MR) is 82.6 cm³/mol. The number of ether oxygens (including phenoxy) is 2. The Morgan fingerprint density at radius 3 is 2.71 bits per heavy atom. The topological polar surface area (TPSA) is 43.4 Å². The van der Waals surface area contributed by atoms with Crippen molar-refractivity contribution in [3.63, 3.8) is 0 Å². The molecule has 2 fully saturated rings. The van der Waals surface area contributed by atoms with Crippen molar-refractivity contribution in [3.8, 4) is 5.88 Å². The van der Waals surface area contributed by atoms with Gasteiger partial charge in [0.1, 0.15) is 0 Å². The van der Waals surface area contributed by atoms with Gasteiger partial charge in [-0.05, 0) is 57.1 Å². The van der Waals surface area contributed by atoms with E-state index < -0.39 is 0 Å². The van der Waals surface area contributed by atoms with Crippen LogP contribution >= 0.6 is 0 Å². The zero-order valence-electron chi connectivity index (χ0n) is 13.2. The lowest BCUT2D eigenvalue weighted by Crippen LogP contribution is -2.23. The van der Waals surface area contributed by atoms with Crippen molar-refractivity contribution in [2.45, 2.75) is 52.1 Å². The van der Waals surface area contributed by atoms with E-state index in [1.807, 2.05) is 6.92 Å². The third-order valence-electron chi connectivity index (χ3n) is 4.38. The van der Waals surface area contributed by atoms with Crippen LogP contribution in [-0.2, 0) is 11.3 Å². The average molecular weight is 290 g/mol. The predicted octanol–water partition coefficient (Wildman–Crippen LogP) is 2.76. The Kier molecular flexibility index (Phi) is 4.76. The van der Waals surface area contributed by atoms with Crippen LogP contribution in [0.25, 0.3) is 0 Å². The molecule has 0 spiro atoms. The molecule has 2 heterocycles. The van der Waals surface area contributed by atoms with Gasteiger partial charge < -0.3 is 14.8 Å². The van der Waals surface area contributed by atoms with E-state index in [2.05, 4.69) is 23.3 Å². The quantitative estimate of drug-likeness (QED) is 0.875. The Bertz CT molecular complexity index is 480. The van der Waals surface area contributed by atoms with Crippen LogP contribution in [0.2, 0.25) is 0 Å². The SMILES string of the molecule is Cc1cc(C)c(CNC2CC2)c(OCC2CCOCC2)n1. The average Bonchev–Trinajstić information content (AvgIpc) is 3.29. The van der Waals surface area contributed by atoms with Crippen molar-refractivity contribution in [2.75, 3.05) is 19.8 Å². The first-order valence-electron chi connectivity index (χ1n) is 8.13. The van der Waals surface area contributed by atoms with Crippen LogP contribution < -0.4 is 10.1 Å². The largest absolute Gasteiger partial charge is 0.477 e. The van der Waals surface area contributed by atoms with Gasteiger partial charge in [0.25, 0.3) is 0 Å². The number of hydrogen-bond acceptors (Lipinski definition) is 4. The van der Waals surface area contributed by atoms with Gasteiger partial charge in [0.05, 0.1) is 6.61 Å². The molecular formula is C17H26N2O2. The van der Waals surface area contributed by atoms with Crippen LogP contribution in [0.1, 0.15) is 42.5 Å². The number of pyridine rings is 1. The first-order valence-corrected chi connectivity index (χ1v) is 8.13. The molecule has 0 bridgehead atoms. The van der Waals surface area contributed by atoms with Gasteiger partial charge in [-0.1, -0.05) is 0 Å². The third kappa shape index (κ3) is 4.17. The Morgan fingerprint density at radius 1 is 1.24 bits per heavy atom. The minimum absolute atomic E-state index is 0.602. The highest BCUT2D eigenvalue weighted by Crippen LogP contribution is 2.25. The van der Waals surface area contributed by atoms with Crippen LogP contribution in [-0.4, -0.2) is 30.8 Å². The smallest absolute Gasteiger partial charge is 0.218 e. The maximum atomic E-state index is 6.08. The fourth-order valence-corrected chi connectivity index (χ4v) is 2.81. The summed E-state index contributed by atoms with van der Waals surface area (Å²) in [4.78, 5) is 4.62. The molecular weight excluding hydrogens is 264 g/mol. The molecule has 21 heavy (non-hydrogen) atoms. The van der Waals surface area contributed by atoms with E-state index >= 15 is 0 Å². The van der Waals surface area contributed by atoms with Gasteiger partial charge in [0.2, 0.25) is 5.88 Å². The molecule has 0 amide bonds. The Labute approximate surface area is 127 Å². The first-order chi connectivity index (χ1) is 10.2. The fraction of sp³-hybridized carbons (Fsp3) is 0.706. The van der Waals surface area contributed by atoms with E-state index in [1.54, 1.807) is 0 Å². The molecule has 1 aliphatic heterocycles. The van der Waals surface area contributed by atoms with E-state index in [4.69, 9.17) is 9.47 Å². The van der Waals surface area contributed by atoms with Crippen LogP contribution in [0.5, 0.6) is 5.88 Å². The van der Waals surface area contributed by atoms with Crippen molar-refractivity contribution in [3.05, 3.63) is 22.9 Å². The monoisotopic (exact) mass is 290 g/mol. The van der Waals surface area contributed by atoms with Gasteiger partial charge in [0, 0.05) is 37.1 Å². The molecule has 4 heteroatoms. The van der Waals surface area contributed by atoms with E-state index in [1.165, 1.54) is 24.0 Å². The molecule has 3 rings (SSSR count). The zero-order valence-corrected chi connectivity index (χ0v) is 13.2. The maximum absolute atomic E-state index is 6.08. The Balaban J connectivity index is 1.65. The molecule has 1 N–H and O–H groups in total. The lowest BCUT2D eigenvalue weighted by atomic mass is 10.0. The zero-order chi connectivity index (χ0) is 14.7. The third-order valence-corrected chi connectivity index (χ3v) is 4.38. The summed E-state index contributed by atoms with van der Waals surface area (Å²) in [6, 6.07) is 2.85. The van der Waals surface area contributed by atoms with E-state index in [-0.39, 0.29) is 0 Å². The summed E-state index contributed by atoms with van der Waals surface area (Å²) in [7, 11) is 0. The molecule has 0 aromatic carbocycles. The summed E-state index contributed by atoms with van der Waals surface area (Å²) in [5.41, 5.74) is 3.53. The lowest BCUT2D eigenvalue weighted by Gasteiger charge is -2.23. The molecule has 1 aliphatic carbocycles. The molecule has 116 valence electrons. The fourth-order valence-electron chi connectivity index (χ4n) is 2.81. The van der Waals surface area contributed by atoms with Gasteiger partial charge >= 0.3 is 0 Å². The number of aromatic nitrogens is 1. The van der Waals surface area contributed by atoms with Gasteiger partial charge in [-0.2, -0.15) is 0 Å². The second-order valence-electron chi connectivity index (χ2n) is 6.39. The normalized spacial score (nSPS) is 19.7. The highest BCUT2D eigenvalue weighted by Gasteiger charge is 2.22. The first kappa shape index (κ1) is 14.8. The van der Waals surface area contributed by atoms with Crippen molar-refractivity contribution < 1.29 is 9.47 Å². The molecule has 4 nitrogen and oxygen atoms in total. The van der Waals surface area contributed by atoms with Crippen molar-refractivity contribution in [1.82, 2.24) is 10.3 Å². The highest BCUT2D eigenvalue weighted by molar-refractivity contribution is 5.36. The molecule has 0 unspecified atom stereocenters. The Morgan fingerprint density at radius 2 is 2.00 bits per heavy atom. The van der Waals surface area contributed by atoms with Crippen molar-refractivity contribution >= 4 is 0 Å². The van der Waals surface area contributed by atoms with Crippen LogP contribution in [0.4, 0.5) is 0 Å². The number of nitrogens with one attached hydrogen (secondary N) is 1. The molecule has 2 aliphatic rings. The van der Waals surface area contributed by atoms with Gasteiger partial charge in [-0.15, -0.1) is 0 Å². The lowest BCUT2D eigenvalue weighted by molar-refractivity contribution is 0.0488. The highest BCUT2D eigenvalue weighted by atomic mass is 16.5. The molecule has 0 atom stereocenters. The molecule has 1 aromatic rings. The second kappa shape index (κ2) is 6.75. The van der Waals surface area contributed by atoms with Crippen LogP contribution in [0.15, 0.2) is 6.07 Å². The molecule has 0 radical (unpaired) electrons. The standard InChI is InChI=1S/C17H26N2O2/c1-12-9-13(2)19-17(16(12)10-18-15-3-4-15)21-11-14-5-7-20-8-6-14/h9,14-15,18H,3-8,10-11H2,1-2H3.